The maximum Gasteiger partial charge on any atom is 0.308 e. The van der Waals surface area contributed by atoms with Gasteiger partial charge < -0.3 is 9.47 Å². The van der Waals surface area contributed by atoms with Crippen LogP contribution in [0.1, 0.15) is 45.2 Å². The normalized spacial score (nSPS) is 12.9. The van der Waals surface area contributed by atoms with Crippen molar-refractivity contribution in [3.05, 3.63) is 29.3 Å². The van der Waals surface area contributed by atoms with E-state index in [0.717, 1.165) is 12.2 Å². The van der Waals surface area contributed by atoms with Gasteiger partial charge in [0, 0.05) is 0 Å². The zero-order valence-corrected chi connectivity index (χ0v) is 13.4. The molecule has 1 rings (SSSR count). The lowest BCUT2D eigenvalue weighted by molar-refractivity contribution is -0.145. The fraction of sp³-hybridized carbons (Fsp3) is 0.588. The fourth-order valence-electron chi connectivity index (χ4n) is 2.39. The third-order valence-electron chi connectivity index (χ3n) is 3.62. The molecule has 0 N–H and O–H groups in total. The number of ether oxygens (including phenoxy) is 2. The van der Waals surface area contributed by atoms with Crippen molar-refractivity contribution >= 4 is 5.97 Å². The number of rotatable bonds is 5. The van der Waals surface area contributed by atoms with Crippen LogP contribution in [0.4, 0.5) is 0 Å². The summed E-state index contributed by atoms with van der Waals surface area (Å²) in [4.78, 5) is 11.8. The third kappa shape index (κ3) is 3.99. The molecule has 0 aliphatic carbocycles. The van der Waals surface area contributed by atoms with Crippen LogP contribution in [-0.2, 0) is 21.4 Å². The smallest absolute Gasteiger partial charge is 0.308 e. The molecule has 0 saturated heterocycles. The number of carbonyl (C=O) groups excluding carboxylic acids is 1. The molecule has 0 spiro atoms. The van der Waals surface area contributed by atoms with E-state index >= 15 is 0 Å². The van der Waals surface area contributed by atoms with Crippen LogP contribution in [0.25, 0.3) is 0 Å². The minimum atomic E-state index is -0.136. The van der Waals surface area contributed by atoms with Crippen molar-refractivity contribution in [2.45, 2.75) is 46.0 Å². The first-order valence-corrected chi connectivity index (χ1v) is 7.08. The summed E-state index contributed by atoms with van der Waals surface area (Å²) in [6.45, 7) is 8.53. The molecule has 0 fully saturated rings. The first-order chi connectivity index (χ1) is 9.33. The summed E-state index contributed by atoms with van der Waals surface area (Å²) in [5.74, 6) is 0.627. The number of hydrogen-bond donors (Lipinski definition) is 0. The molecule has 0 aliphatic heterocycles. The van der Waals surface area contributed by atoms with Gasteiger partial charge in [-0.25, -0.2) is 0 Å². The SMILES string of the molecule is CC[C@@H](Cc1ccc(OC)cc1C(C)(C)C)C(=O)OC. The topological polar surface area (TPSA) is 35.5 Å². The second kappa shape index (κ2) is 6.78. The van der Waals surface area contributed by atoms with Crippen LogP contribution in [0, 0.1) is 5.92 Å². The van der Waals surface area contributed by atoms with E-state index in [-0.39, 0.29) is 17.3 Å². The Morgan fingerprint density at radius 3 is 2.35 bits per heavy atom. The Bertz CT molecular complexity index is 458. The predicted octanol–water partition coefficient (Wildman–Crippen LogP) is 3.73. The lowest BCUT2D eigenvalue weighted by Crippen LogP contribution is -2.21. The highest BCUT2D eigenvalue weighted by Gasteiger charge is 2.23. The van der Waals surface area contributed by atoms with Gasteiger partial charge in [-0.3, -0.25) is 4.79 Å². The number of benzene rings is 1. The number of hydrogen-bond acceptors (Lipinski definition) is 3. The van der Waals surface area contributed by atoms with Gasteiger partial charge >= 0.3 is 5.97 Å². The quantitative estimate of drug-likeness (QED) is 0.770. The van der Waals surface area contributed by atoms with E-state index in [1.807, 2.05) is 13.0 Å². The summed E-state index contributed by atoms with van der Waals surface area (Å²) in [6, 6.07) is 6.08. The van der Waals surface area contributed by atoms with Gasteiger partial charge in [0.25, 0.3) is 0 Å². The molecule has 1 aromatic carbocycles. The molecular formula is C17H26O3. The molecule has 112 valence electrons. The summed E-state index contributed by atoms with van der Waals surface area (Å²) in [6.07, 6.45) is 1.49. The van der Waals surface area contributed by atoms with Crippen LogP contribution in [0.2, 0.25) is 0 Å². The van der Waals surface area contributed by atoms with Crippen LogP contribution < -0.4 is 4.74 Å². The molecule has 1 aromatic rings. The highest BCUT2D eigenvalue weighted by molar-refractivity contribution is 5.72. The lowest BCUT2D eigenvalue weighted by Gasteiger charge is -2.25. The number of esters is 1. The molecule has 0 bridgehead atoms. The minimum Gasteiger partial charge on any atom is -0.497 e. The molecule has 0 radical (unpaired) electrons. The Morgan fingerprint density at radius 1 is 1.25 bits per heavy atom. The summed E-state index contributed by atoms with van der Waals surface area (Å²) in [5, 5.41) is 0. The van der Waals surface area contributed by atoms with Crippen LogP contribution in [0.3, 0.4) is 0 Å². The number of carbonyl (C=O) groups is 1. The van der Waals surface area contributed by atoms with Crippen molar-refractivity contribution in [2.24, 2.45) is 5.92 Å². The van der Waals surface area contributed by atoms with Crippen molar-refractivity contribution in [1.29, 1.82) is 0 Å². The van der Waals surface area contributed by atoms with E-state index in [1.165, 1.54) is 18.2 Å². The first kappa shape index (κ1) is 16.5. The molecule has 0 aliphatic rings. The standard InChI is InChI=1S/C17H26O3/c1-7-12(16(18)20-6)10-13-8-9-14(19-5)11-15(13)17(2,3)4/h8-9,11-12H,7,10H2,1-6H3/t12-/m0/s1. The van der Waals surface area contributed by atoms with E-state index in [9.17, 15) is 4.79 Å². The van der Waals surface area contributed by atoms with E-state index in [4.69, 9.17) is 9.47 Å². The van der Waals surface area contributed by atoms with Crippen molar-refractivity contribution in [3.8, 4) is 5.75 Å². The Balaban J connectivity index is 3.14. The van der Waals surface area contributed by atoms with Gasteiger partial charge in [-0.15, -0.1) is 0 Å². The lowest BCUT2D eigenvalue weighted by atomic mass is 9.81. The zero-order chi connectivity index (χ0) is 15.3. The average Bonchev–Trinajstić information content (AvgIpc) is 2.42. The second-order valence-corrected chi connectivity index (χ2v) is 6.11. The molecule has 0 heterocycles. The highest BCUT2D eigenvalue weighted by atomic mass is 16.5. The average molecular weight is 278 g/mol. The molecule has 0 amide bonds. The van der Waals surface area contributed by atoms with Gasteiger partial charge in [0.15, 0.2) is 0 Å². The van der Waals surface area contributed by atoms with Gasteiger partial charge in [0.2, 0.25) is 0 Å². The van der Waals surface area contributed by atoms with Crippen molar-refractivity contribution in [3.63, 3.8) is 0 Å². The summed E-state index contributed by atoms with van der Waals surface area (Å²) < 4.78 is 10.2. The minimum absolute atomic E-state index is 0.0122. The van der Waals surface area contributed by atoms with Crippen LogP contribution >= 0.6 is 0 Å². The summed E-state index contributed by atoms with van der Waals surface area (Å²) in [7, 11) is 3.12. The molecule has 20 heavy (non-hydrogen) atoms. The predicted molar refractivity (Wildman–Crippen MR) is 81.2 cm³/mol. The molecule has 0 aromatic heterocycles. The van der Waals surface area contributed by atoms with Crippen LogP contribution in [0.5, 0.6) is 5.75 Å². The van der Waals surface area contributed by atoms with E-state index in [2.05, 4.69) is 32.9 Å². The Morgan fingerprint density at radius 2 is 1.90 bits per heavy atom. The van der Waals surface area contributed by atoms with Gasteiger partial charge in [0.05, 0.1) is 20.1 Å². The Kier molecular flexibility index (Phi) is 5.61. The first-order valence-electron chi connectivity index (χ1n) is 7.08. The molecule has 3 heteroatoms. The molecule has 3 nitrogen and oxygen atoms in total. The maximum absolute atomic E-state index is 11.8. The van der Waals surface area contributed by atoms with Crippen molar-refractivity contribution < 1.29 is 14.3 Å². The summed E-state index contributed by atoms with van der Waals surface area (Å²) in [5.41, 5.74) is 2.42. The molecule has 1 atom stereocenters. The molecular weight excluding hydrogens is 252 g/mol. The monoisotopic (exact) mass is 278 g/mol. The zero-order valence-electron chi connectivity index (χ0n) is 13.4. The van der Waals surface area contributed by atoms with Gasteiger partial charge in [-0.2, -0.15) is 0 Å². The maximum atomic E-state index is 11.8. The van der Waals surface area contributed by atoms with Crippen molar-refractivity contribution in [1.82, 2.24) is 0 Å². The van der Waals surface area contributed by atoms with E-state index < -0.39 is 0 Å². The number of methoxy groups -OCH3 is 2. The van der Waals surface area contributed by atoms with E-state index in [1.54, 1.807) is 7.11 Å². The Labute approximate surface area is 122 Å². The summed E-state index contributed by atoms with van der Waals surface area (Å²) >= 11 is 0. The van der Waals surface area contributed by atoms with Crippen LogP contribution in [0.15, 0.2) is 18.2 Å². The van der Waals surface area contributed by atoms with E-state index in [0.29, 0.717) is 6.42 Å². The van der Waals surface area contributed by atoms with Gasteiger partial charge in [-0.1, -0.05) is 33.8 Å². The van der Waals surface area contributed by atoms with Gasteiger partial charge in [-0.05, 0) is 41.5 Å². The molecule has 0 saturated carbocycles. The molecule has 0 unspecified atom stereocenters. The fourth-order valence-corrected chi connectivity index (χ4v) is 2.39. The highest BCUT2D eigenvalue weighted by Crippen LogP contribution is 2.31. The largest absolute Gasteiger partial charge is 0.497 e. The third-order valence-corrected chi connectivity index (χ3v) is 3.62. The second-order valence-electron chi connectivity index (χ2n) is 6.11. The van der Waals surface area contributed by atoms with Crippen molar-refractivity contribution in [2.75, 3.05) is 14.2 Å². The Hall–Kier alpha value is -1.51. The van der Waals surface area contributed by atoms with Gasteiger partial charge in [0.1, 0.15) is 5.75 Å². The van der Waals surface area contributed by atoms with Crippen LogP contribution in [-0.4, -0.2) is 20.2 Å².